The Labute approximate surface area is 127 Å². The average Bonchev–Trinajstić information content (AvgIpc) is 2.89. The van der Waals surface area contributed by atoms with E-state index in [0.29, 0.717) is 0 Å². The van der Waals surface area contributed by atoms with Crippen LogP contribution >= 0.6 is 0 Å². The molecule has 114 valence electrons. The molecule has 1 aromatic carbocycles. The maximum atomic E-state index is 6.08. The monoisotopic (exact) mass is 286 g/mol. The molecule has 1 aliphatic rings. The van der Waals surface area contributed by atoms with Crippen LogP contribution in [0.1, 0.15) is 50.4 Å². The Bertz CT molecular complexity index is 570. The Kier molecular flexibility index (Phi) is 4.94. The molecule has 2 aromatic rings. The summed E-state index contributed by atoms with van der Waals surface area (Å²) in [4.78, 5) is 0. The summed E-state index contributed by atoms with van der Waals surface area (Å²) in [5.41, 5.74) is 5.98. The van der Waals surface area contributed by atoms with E-state index in [0.717, 1.165) is 18.5 Å². The number of unbranched alkanes of at least 4 members (excludes halogenated alkanes) is 1. The molecule has 0 radical (unpaired) electrons. The van der Waals surface area contributed by atoms with E-state index < -0.39 is 0 Å². The Hall–Kier alpha value is -1.32. The Morgan fingerprint density at radius 1 is 1.14 bits per heavy atom. The van der Waals surface area contributed by atoms with Gasteiger partial charge in [0.15, 0.2) is 0 Å². The number of fused-ring (bicyclic) bond motifs is 1. The molecule has 3 rings (SSSR count). The lowest BCUT2D eigenvalue weighted by atomic mass is 10.1. The Morgan fingerprint density at radius 2 is 1.95 bits per heavy atom. The third-order valence-corrected chi connectivity index (χ3v) is 4.37. The van der Waals surface area contributed by atoms with Crippen LogP contribution in [0.5, 0.6) is 0 Å². The molecule has 21 heavy (non-hydrogen) atoms. The first-order chi connectivity index (χ1) is 10.4. The predicted molar refractivity (Wildman–Crippen MR) is 87.1 cm³/mol. The normalized spacial score (nSPS) is 16.6. The van der Waals surface area contributed by atoms with Gasteiger partial charge < -0.3 is 4.42 Å². The highest BCUT2D eigenvalue weighted by atomic mass is 16.3. The maximum Gasteiger partial charge on any atom is 0.134 e. The van der Waals surface area contributed by atoms with Gasteiger partial charge in [-0.15, -0.1) is 0 Å². The van der Waals surface area contributed by atoms with E-state index >= 15 is 0 Å². The molecule has 0 amide bonds. The predicted octanol–water partition coefficient (Wildman–Crippen LogP) is 4.27. The van der Waals surface area contributed by atoms with Crippen molar-refractivity contribution in [3.63, 3.8) is 0 Å². The quantitative estimate of drug-likeness (QED) is 0.859. The largest absolute Gasteiger partial charge is 0.461 e. The third kappa shape index (κ3) is 3.47. The second-order valence-corrected chi connectivity index (χ2v) is 5.99. The van der Waals surface area contributed by atoms with Gasteiger partial charge in [-0.2, -0.15) is 0 Å². The number of hydrazine groups is 1. The summed E-state index contributed by atoms with van der Waals surface area (Å²) in [6.07, 6.45) is 7.42. The lowest BCUT2D eigenvalue weighted by Crippen LogP contribution is -2.41. The van der Waals surface area contributed by atoms with E-state index in [-0.39, 0.29) is 0 Å². The first kappa shape index (κ1) is 14.6. The number of benzene rings is 1. The number of hydrogen-bond donors (Lipinski definition) is 1. The van der Waals surface area contributed by atoms with Gasteiger partial charge in [-0.3, -0.25) is 5.43 Å². The zero-order valence-corrected chi connectivity index (χ0v) is 13.0. The van der Waals surface area contributed by atoms with Crippen LogP contribution in [-0.4, -0.2) is 18.1 Å². The fourth-order valence-corrected chi connectivity index (χ4v) is 3.13. The molecular formula is C18H26N2O. The summed E-state index contributed by atoms with van der Waals surface area (Å²) in [6, 6.07) is 8.42. The van der Waals surface area contributed by atoms with E-state index in [4.69, 9.17) is 4.42 Å². The van der Waals surface area contributed by atoms with Crippen molar-refractivity contribution in [1.82, 2.24) is 10.4 Å². The first-order valence-corrected chi connectivity index (χ1v) is 8.36. The zero-order chi connectivity index (χ0) is 14.5. The maximum absolute atomic E-state index is 6.08. The molecule has 1 saturated heterocycles. The molecule has 0 spiro atoms. The molecule has 1 aliphatic heterocycles. The fourth-order valence-electron chi connectivity index (χ4n) is 3.13. The van der Waals surface area contributed by atoms with Crippen LogP contribution in [0.15, 0.2) is 28.7 Å². The molecular weight excluding hydrogens is 260 g/mol. The van der Waals surface area contributed by atoms with Crippen LogP contribution in [0, 0.1) is 0 Å². The topological polar surface area (TPSA) is 28.4 Å². The van der Waals surface area contributed by atoms with Gasteiger partial charge in [-0.25, -0.2) is 5.01 Å². The summed E-state index contributed by atoms with van der Waals surface area (Å²) in [5.74, 6) is 1.17. The highest BCUT2D eigenvalue weighted by Gasteiger charge is 2.15. The van der Waals surface area contributed by atoms with Crippen molar-refractivity contribution in [2.45, 2.75) is 52.0 Å². The minimum atomic E-state index is 0.885. The highest BCUT2D eigenvalue weighted by molar-refractivity contribution is 5.82. The SMILES string of the molecule is CCCCc1oc2ccccc2c1CNN1CCCCC1. The highest BCUT2D eigenvalue weighted by Crippen LogP contribution is 2.27. The second-order valence-electron chi connectivity index (χ2n) is 5.99. The fraction of sp³-hybridized carbons (Fsp3) is 0.556. The molecule has 0 saturated carbocycles. The summed E-state index contributed by atoms with van der Waals surface area (Å²) in [7, 11) is 0. The number of nitrogens with one attached hydrogen (secondary N) is 1. The van der Waals surface area contributed by atoms with E-state index in [9.17, 15) is 0 Å². The molecule has 0 bridgehead atoms. The summed E-state index contributed by atoms with van der Waals surface area (Å²) in [5, 5.41) is 3.64. The van der Waals surface area contributed by atoms with Gasteiger partial charge in [0, 0.05) is 37.0 Å². The molecule has 0 atom stereocenters. The number of hydrogen-bond acceptors (Lipinski definition) is 3. The summed E-state index contributed by atoms with van der Waals surface area (Å²) in [6.45, 7) is 5.45. The number of aryl methyl sites for hydroxylation is 1. The van der Waals surface area contributed by atoms with Crippen molar-refractivity contribution in [3.05, 3.63) is 35.6 Å². The van der Waals surface area contributed by atoms with Crippen molar-refractivity contribution in [3.8, 4) is 0 Å². The van der Waals surface area contributed by atoms with E-state index in [1.165, 1.54) is 61.9 Å². The smallest absolute Gasteiger partial charge is 0.134 e. The third-order valence-electron chi connectivity index (χ3n) is 4.37. The zero-order valence-electron chi connectivity index (χ0n) is 13.0. The average molecular weight is 286 g/mol. The summed E-state index contributed by atoms with van der Waals surface area (Å²) < 4.78 is 6.08. The molecule has 3 heteroatoms. The van der Waals surface area contributed by atoms with E-state index in [1.807, 2.05) is 0 Å². The van der Waals surface area contributed by atoms with Crippen LogP contribution < -0.4 is 5.43 Å². The van der Waals surface area contributed by atoms with Gasteiger partial charge in [0.2, 0.25) is 0 Å². The van der Waals surface area contributed by atoms with Crippen molar-refractivity contribution >= 4 is 11.0 Å². The molecule has 1 fully saturated rings. The van der Waals surface area contributed by atoms with Gasteiger partial charge in [0.25, 0.3) is 0 Å². The molecule has 2 heterocycles. The number of piperidine rings is 1. The minimum absolute atomic E-state index is 0.885. The van der Waals surface area contributed by atoms with Gasteiger partial charge in [0.1, 0.15) is 11.3 Å². The van der Waals surface area contributed by atoms with Crippen LogP contribution in [0.4, 0.5) is 0 Å². The minimum Gasteiger partial charge on any atom is -0.461 e. The lowest BCUT2D eigenvalue weighted by Gasteiger charge is -2.27. The molecule has 0 unspecified atom stereocenters. The number of para-hydroxylation sites is 1. The van der Waals surface area contributed by atoms with Crippen LogP contribution in [0.3, 0.4) is 0 Å². The lowest BCUT2D eigenvalue weighted by molar-refractivity contribution is 0.151. The van der Waals surface area contributed by atoms with Crippen molar-refractivity contribution in [2.75, 3.05) is 13.1 Å². The van der Waals surface area contributed by atoms with Crippen LogP contribution in [-0.2, 0) is 13.0 Å². The van der Waals surface area contributed by atoms with E-state index in [2.05, 4.69) is 41.6 Å². The van der Waals surface area contributed by atoms with Gasteiger partial charge in [-0.05, 0) is 25.3 Å². The van der Waals surface area contributed by atoms with Gasteiger partial charge >= 0.3 is 0 Å². The first-order valence-electron chi connectivity index (χ1n) is 8.36. The van der Waals surface area contributed by atoms with Crippen LogP contribution in [0.25, 0.3) is 11.0 Å². The van der Waals surface area contributed by atoms with E-state index in [1.54, 1.807) is 0 Å². The van der Waals surface area contributed by atoms with Crippen molar-refractivity contribution < 1.29 is 4.42 Å². The molecule has 3 nitrogen and oxygen atoms in total. The van der Waals surface area contributed by atoms with Gasteiger partial charge in [0.05, 0.1) is 0 Å². The second kappa shape index (κ2) is 7.10. The molecule has 1 aromatic heterocycles. The Morgan fingerprint density at radius 3 is 2.76 bits per heavy atom. The molecule has 0 aliphatic carbocycles. The van der Waals surface area contributed by atoms with Crippen molar-refractivity contribution in [1.29, 1.82) is 0 Å². The standard InChI is InChI=1S/C18H26N2O/c1-2-3-10-18-16(14-19-20-12-7-4-8-13-20)15-9-5-6-11-17(15)21-18/h5-6,9,11,19H,2-4,7-8,10,12-14H2,1H3. The molecule has 1 N–H and O–H groups in total. The Balaban J connectivity index is 1.77. The van der Waals surface area contributed by atoms with Crippen molar-refractivity contribution in [2.24, 2.45) is 0 Å². The number of nitrogens with zero attached hydrogens (tertiary/aromatic N) is 1. The number of furan rings is 1. The van der Waals surface area contributed by atoms with Crippen LogP contribution in [0.2, 0.25) is 0 Å². The van der Waals surface area contributed by atoms with Gasteiger partial charge in [-0.1, -0.05) is 38.0 Å². The summed E-state index contributed by atoms with van der Waals surface area (Å²) >= 11 is 0. The number of rotatable bonds is 6.